The normalized spacial score (nSPS) is 13.3. The molecule has 0 amide bonds. The molecule has 0 N–H and O–H groups in total. The smallest absolute Gasteiger partial charge is 0.261 e. The van der Waals surface area contributed by atoms with Gasteiger partial charge in [-0.3, -0.25) is 4.68 Å². The first-order valence-electron chi connectivity index (χ1n) is 10.8. The standard InChI is InChI=1S/C24H27FN8O2/c1-6-9-19(12-17(4)14-32-16-26-30-31-32)23-28-24(35-29-23)21-13-27-33(8-3)22(21)15-34-18(5)10-11-20(25)7-2/h6-7,9-13,16H,1-2,8,14-15H2,3-5H3/b17-12+,18-10+,19-9+,20-11+. The van der Waals surface area contributed by atoms with Gasteiger partial charge in [-0.15, -0.1) is 5.10 Å². The number of aryl methyl sites for hydroxylation is 1. The van der Waals surface area contributed by atoms with E-state index < -0.39 is 5.83 Å². The van der Waals surface area contributed by atoms with Crippen LogP contribution in [0.4, 0.5) is 4.39 Å². The molecule has 0 unspecified atom stereocenters. The van der Waals surface area contributed by atoms with Crippen LogP contribution in [0.2, 0.25) is 0 Å². The average Bonchev–Trinajstić information content (AvgIpc) is 3.61. The van der Waals surface area contributed by atoms with Gasteiger partial charge in [-0.2, -0.15) is 10.1 Å². The lowest BCUT2D eigenvalue weighted by atomic mass is 10.1. The minimum Gasteiger partial charge on any atom is -0.492 e. The molecule has 3 aromatic rings. The fraction of sp³-hybridized carbons (Fsp3) is 0.250. The number of ether oxygens (including phenoxy) is 1. The van der Waals surface area contributed by atoms with Gasteiger partial charge in [0, 0.05) is 12.1 Å². The Morgan fingerprint density at radius 3 is 2.74 bits per heavy atom. The van der Waals surface area contributed by atoms with E-state index in [0.29, 0.717) is 36.1 Å². The summed E-state index contributed by atoms with van der Waals surface area (Å²) < 4.78 is 28.0. The number of halogens is 1. The van der Waals surface area contributed by atoms with Crippen LogP contribution >= 0.6 is 0 Å². The fourth-order valence-corrected chi connectivity index (χ4v) is 3.09. The molecule has 182 valence electrons. The number of allylic oxidation sites excluding steroid dienone is 10. The van der Waals surface area contributed by atoms with E-state index in [2.05, 4.69) is 43.9 Å². The molecular weight excluding hydrogens is 451 g/mol. The van der Waals surface area contributed by atoms with E-state index in [1.54, 1.807) is 41.0 Å². The maximum absolute atomic E-state index is 13.3. The van der Waals surface area contributed by atoms with Crippen LogP contribution in [0.1, 0.15) is 32.3 Å². The predicted octanol–water partition coefficient (Wildman–Crippen LogP) is 4.62. The Bertz CT molecular complexity index is 1280. The van der Waals surface area contributed by atoms with Crippen LogP contribution < -0.4 is 0 Å². The second-order valence-electron chi connectivity index (χ2n) is 7.42. The van der Waals surface area contributed by atoms with Crippen molar-refractivity contribution in [3.8, 4) is 11.5 Å². The molecule has 3 aromatic heterocycles. The minimum absolute atomic E-state index is 0.188. The van der Waals surface area contributed by atoms with Gasteiger partial charge in [0.2, 0.25) is 5.82 Å². The van der Waals surface area contributed by atoms with Gasteiger partial charge in [-0.1, -0.05) is 42.1 Å². The molecular formula is C24H27FN8O2. The van der Waals surface area contributed by atoms with Crippen molar-refractivity contribution in [1.82, 2.24) is 40.1 Å². The summed E-state index contributed by atoms with van der Waals surface area (Å²) in [6.07, 6.45) is 12.5. The Balaban J connectivity index is 1.84. The third-order valence-corrected chi connectivity index (χ3v) is 4.77. The highest BCUT2D eigenvalue weighted by molar-refractivity contribution is 5.72. The molecule has 0 radical (unpaired) electrons. The molecule has 0 atom stereocenters. The third-order valence-electron chi connectivity index (χ3n) is 4.77. The van der Waals surface area contributed by atoms with Gasteiger partial charge in [0.15, 0.2) is 0 Å². The topological polar surface area (TPSA) is 110 Å². The maximum Gasteiger partial charge on any atom is 0.261 e. The van der Waals surface area contributed by atoms with Gasteiger partial charge in [0.25, 0.3) is 5.89 Å². The fourth-order valence-electron chi connectivity index (χ4n) is 3.09. The van der Waals surface area contributed by atoms with Crippen LogP contribution in [0, 0.1) is 0 Å². The number of rotatable bonds is 12. The summed E-state index contributed by atoms with van der Waals surface area (Å²) in [4.78, 5) is 4.58. The number of hydrogen-bond donors (Lipinski definition) is 0. The summed E-state index contributed by atoms with van der Waals surface area (Å²) in [5.41, 5.74) is 3.10. The Kier molecular flexibility index (Phi) is 8.76. The van der Waals surface area contributed by atoms with Crippen LogP contribution in [0.5, 0.6) is 0 Å². The molecule has 0 aliphatic heterocycles. The molecule has 3 heterocycles. The second-order valence-corrected chi connectivity index (χ2v) is 7.42. The highest BCUT2D eigenvalue weighted by Gasteiger charge is 2.19. The Morgan fingerprint density at radius 2 is 2.06 bits per heavy atom. The third kappa shape index (κ3) is 6.79. The van der Waals surface area contributed by atoms with Gasteiger partial charge in [-0.25, -0.2) is 9.07 Å². The summed E-state index contributed by atoms with van der Waals surface area (Å²) in [6, 6.07) is 0. The summed E-state index contributed by atoms with van der Waals surface area (Å²) in [5.74, 6) is 0.783. The quantitative estimate of drug-likeness (QED) is 0.274. The predicted molar refractivity (Wildman–Crippen MR) is 129 cm³/mol. The van der Waals surface area contributed by atoms with Crippen LogP contribution in [-0.2, 0) is 24.4 Å². The van der Waals surface area contributed by atoms with Crippen molar-refractivity contribution in [3.63, 3.8) is 0 Å². The summed E-state index contributed by atoms with van der Waals surface area (Å²) in [5, 5.41) is 19.7. The van der Waals surface area contributed by atoms with Crippen molar-refractivity contribution in [2.75, 3.05) is 0 Å². The number of tetrazole rings is 1. The number of hydrogen-bond acceptors (Lipinski definition) is 8. The summed E-state index contributed by atoms with van der Waals surface area (Å²) >= 11 is 0. The zero-order valence-corrected chi connectivity index (χ0v) is 19.9. The average molecular weight is 479 g/mol. The molecule has 0 spiro atoms. The van der Waals surface area contributed by atoms with E-state index in [1.807, 2.05) is 19.9 Å². The molecule has 3 rings (SSSR count). The first-order chi connectivity index (χ1) is 16.9. The lowest BCUT2D eigenvalue weighted by Crippen LogP contribution is -2.05. The molecule has 0 saturated heterocycles. The first-order valence-corrected chi connectivity index (χ1v) is 10.8. The van der Waals surface area contributed by atoms with Gasteiger partial charge >= 0.3 is 0 Å². The number of nitrogens with zero attached hydrogens (tertiary/aromatic N) is 8. The minimum atomic E-state index is -0.448. The van der Waals surface area contributed by atoms with Crippen molar-refractivity contribution in [2.45, 2.75) is 40.5 Å². The zero-order valence-electron chi connectivity index (χ0n) is 19.9. The van der Waals surface area contributed by atoms with Crippen molar-refractivity contribution in [3.05, 3.63) is 90.8 Å². The molecule has 0 aromatic carbocycles. The van der Waals surface area contributed by atoms with Crippen molar-refractivity contribution in [2.24, 2.45) is 0 Å². The SMILES string of the molecule is C=C/C=C(\C=C(/C)Cn1cnnn1)c1noc(-c2cnn(CC)c2CO/C(C)=C/C=C(/F)C=C)n1. The Labute approximate surface area is 202 Å². The lowest BCUT2D eigenvalue weighted by Gasteiger charge is -2.09. The monoisotopic (exact) mass is 478 g/mol. The molecule has 0 saturated carbocycles. The van der Waals surface area contributed by atoms with Gasteiger partial charge < -0.3 is 9.26 Å². The summed E-state index contributed by atoms with van der Waals surface area (Å²) in [7, 11) is 0. The van der Waals surface area contributed by atoms with Gasteiger partial charge in [0.1, 0.15) is 18.8 Å². The van der Waals surface area contributed by atoms with Gasteiger partial charge in [-0.05, 0) is 49.4 Å². The Hall–Kier alpha value is -4.41. The second kappa shape index (κ2) is 12.2. The van der Waals surface area contributed by atoms with E-state index in [4.69, 9.17) is 9.26 Å². The molecule has 0 aliphatic carbocycles. The van der Waals surface area contributed by atoms with Crippen LogP contribution in [0.3, 0.4) is 0 Å². The maximum atomic E-state index is 13.3. The molecule has 11 heteroatoms. The largest absolute Gasteiger partial charge is 0.492 e. The molecule has 0 bridgehead atoms. The van der Waals surface area contributed by atoms with Crippen molar-refractivity contribution < 1.29 is 13.7 Å². The van der Waals surface area contributed by atoms with E-state index in [-0.39, 0.29) is 6.61 Å². The summed E-state index contributed by atoms with van der Waals surface area (Å²) in [6.45, 7) is 14.1. The molecule has 10 nitrogen and oxygen atoms in total. The lowest BCUT2D eigenvalue weighted by molar-refractivity contribution is 0.192. The Morgan fingerprint density at radius 1 is 1.23 bits per heavy atom. The van der Waals surface area contributed by atoms with Crippen LogP contribution in [0.25, 0.3) is 17.0 Å². The van der Waals surface area contributed by atoms with E-state index in [9.17, 15) is 4.39 Å². The first kappa shape index (κ1) is 25.2. The molecule has 0 aliphatic rings. The van der Waals surface area contributed by atoms with E-state index >= 15 is 0 Å². The van der Waals surface area contributed by atoms with E-state index in [1.165, 1.54) is 12.2 Å². The molecule has 35 heavy (non-hydrogen) atoms. The van der Waals surface area contributed by atoms with Crippen molar-refractivity contribution >= 4 is 5.57 Å². The van der Waals surface area contributed by atoms with E-state index in [0.717, 1.165) is 22.9 Å². The van der Waals surface area contributed by atoms with Crippen LogP contribution in [0.15, 0.2) is 83.8 Å². The van der Waals surface area contributed by atoms with Crippen molar-refractivity contribution in [1.29, 1.82) is 0 Å². The zero-order chi connectivity index (χ0) is 25.2. The highest BCUT2D eigenvalue weighted by atomic mass is 19.1. The number of aromatic nitrogens is 8. The van der Waals surface area contributed by atoms with Gasteiger partial charge in [0.05, 0.1) is 29.8 Å². The highest BCUT2D eigenvalue weighted by Crippen LogP contribution is 2.26. The molecule has 0 fully saturated rings. The van der Waals surface area contributed by atoms with Crippen LogP contribution in [-0.4, -0.2) is 40.1 Å².